The van der Waals surface area contributed by atoms with Crippen molar-refractivity contribution in [3.8, 4) is 0 Å². The van der Waals surface area contributed by atoms with Crippen molar-refractivity contribution in [3.63, 3.8) is 0 Å². The van der Waals surface area contributed by atoms with Crippen LogP contribution in [0.3, 0.4) is 0 Å². The Hall–Kier alpha value is -1.63. The summed E-state index contributed by atoms with van der Waals surface area (Å²) < 4.78 is 30.3. The van der Waals surface area contributed by atoms with E-state index in [1.165, 1.54) is 10.9 Å². The summed E-state index contributed by atoms with van der Waals surface area (Å²) in [6.07, 6.45) is -4.58. The lowest BCUT2D eigenvalue weighted by Crippen LogP contribution is -2.32. The molecular weight excluding hydrogens is 559 g/mol. The summed E-state index contributed by atoms with van der Waals surface area (Å²) in [7, 11) is -8.90. The molecule has 0 saturated carbocycles. The largest absolute Gasteiger partial charge is 0.388 e. The van der Waals surface area contributed by atoms with Crippen LogP contribution in [0.25, 0.3) is 11.2 Å². The Morgan fingerprint density at radius 3 is 2.50 bits per heavy atom. The van der Waals surface area contributed by atoms with E-state index in [1.54, 1.807) is 12.1 Å². The maximum atomic E-state index is 12.1. The van der Waals surface area contributed by atoms with Gasteiger partial charge in [0, 0.05) is 17.7 Å². The van der Waals surface area contributed by atoms with E-state index < -0.39 is 51.6 Å². The quantitative estimate of drug-likeness (QED) is 0.159. The highest BCUT2D eigenvalue weighted by atomic mass is 35.5. The Balaban J connectivity index is 1.53. The summed E-state index contributed by atoms with van der Waals surface area (Å²) in [6, 6.07) is 7.23. The molecular formula is C19H23Cl2N5O8P2. The number of aliphatic hydroxyl groups is 2. The molecule has 13 nitrogen and oxygen atoms in total. The molecule has 3 aromatic rings. The summed E-state index contributed by atoms with van der Waals surface area (Å²) in [5.41, 5.74) is 1.31. The number of fused-ring (bicyclic) bond motifs is 1. The van der Waals surface area contributed by atoms with Crippen LogP contribution in [-0.4, -0.2) is 74.8 Å². The summed E-state index contributed by atoms with van der Waals surface area (Å²) in [6.45, 7) is 0.314. The molecule has 3 heterocycles. The highest BCUT2D eigenvalue weighted by Gasteiger charge is 2.45. The van der Waals surface area contributed by atoms with Gasteiger partial charge in [0.05, 0.1) is 12.4 Å². The second kappa shape index (κ2) is 10.6. The third-order valence-electron chi connectivity index (χ3n) is 5.58. The molecule has 4 rings (SSSR count). The summed E-state index contributed by atoms with van der Waals surface area (Å²) in [5.74, 6) is -0.882. The number of anilines is 1. The molecule has 196 valence electrons. The van der Waals surface area contributed by atoms with Crippen LogP contribution in [0.2, 0.25) is 10.3 Å². The van der Waals surface area contributed by atoms with Crippen molar-refractivity contribution in [2.45, 2.75) is 37.5 Å². The summed E-state index contributed by atoms with van der Waals surface area (Å²) >= 11 is 12.3. The Labute approximate surface area is 214 Å². The molecule has 0 amide bonds. The average Bonchev–Trinajstić information content (AvgIpc) is 3.31. The standard InChI is InChI=1S/C19H23Cl2N5O8P2/c20-11-4-2-1-3-10(11)7-22-16-13-17(25-19(21)24-16)26(8-23-13)18-15(28)14(27)12(34-18)5-6-35(29,30)9-36(31,32)33/h1-4,8,12,14-15,18,27-28H,5-7,9H2,(H,29,30)(H,22,24,25)(H2,31,32,33)/t12-,14+,15?,18-/m1/s1. The molecule has 0 spiro atoms. The van der Waals surface area contributed by atoms with Gasteiger partial charge in [0.15, 0.2) is 23.2 Å². The second-order valence-electron chi connectivity index (χ2n) is 8.32. The van der Waals surface area contributed by atoms with Gasteiger partial charge in [0.1, 0.15) is 18.1 Å². The van der Waals surface area contributed by atoms with Gasteiger partial charge >= 0.3 is 7.60 Å². The fourth-order valence-corrected chi connectivity index (χ4v) is 7.80. The van der Waals surface area contributed by atoms with E-state index in [-0.39, 0.29) is 17.4 Å². The van der Waals surface area contributed by atoms with Gasteiger partial charge in [-0.15, -0.1) is 0 Å². The highest BCUT2D eigenvalue weighted by molar-refractivity contribution is 7.72. The molecule has 1 fully saturated rings. The van der Waals surface area contributed by atoms with Gasteiger partial charge in [-0.25, -0.2) is 4.98 Å². The first-order valence-corrected chi connectivity index (χ1v) is 15.2. The second-order valence-corrected chi connectivity index (χ2v) is 13.7. The Bertz CT molecular complexity index is 1350. The van der Waals surface area contributed by atoms with Crippen LogP contribution in [0.1, 0.15) is 18.2 Å². The number of nitrogens with zero attached hydrogens (tertiary/aromatic N) is 4. The number of aliphatic hydroxyl groups excluding tert-OH is 2. The Morgan fingerprint density at radius 2 is 1.81 bits per heavy atom. The number of nitrogens with one attached hydrogen (secondary N) is 1. The molecule has 2 unspecified atom stereocenters. The normalized spacial score (nSPS) is 24.2. The zero-order chi connectivity index (χ0) is 26.3. The molecule has 1 aromatic carbocycles. The van der Waals surface area contributed by atoms with Gasteiger partial charge in [-0.3, -0.25) is 13.7 Å². The van der Waals surface area contributed by atoms with Crippen LogP contribution in [-0.2, 0) is 20.4 Å². The fraction of sp³-hybridized carbons (Fsp3) is 0.421. The van der Waals surface area contributed by atoms with Gasteiger partial charge < -0.3 is 34.9 Å². The topological polar surface area (TPSA) is 200 Å². The van der Waals surface area contributed by atoms with Crippen molar-refractivity contribution in [2.24, 2.45) is 0 Å². The highest BCUT2D eigenvalue weighted by Crippen LogP contribution is 2.55. The lowest BCUT2D eigenvalue weighted by atomic mass is 10.1. The number of ether oxygens (including phenoxy) is 1. The average molecular weight is 582 g/mol. The Kier molecular flexibility index (Phi) is 8.09. The molecule has 1 aliphatic rings. The molecule has 0 aliphatic carbocycles. The van der Waals surface area contributed by atoms with E-state index in [0.717, 1.165) is 5.56 Å². The predicted octanol–water partition coefficient (Wildman–Crippen LogP) is 2.16. The van der Waals surface area contributed by atoms with Crippen molar-refractivity contribution in [3.05, 3.63) is 46.5 Å². The molecule has 2 aromatic heterocycles. The number of hydrogen-bond acceptors (Lipinski definition) is 9. The first-order valence-electron chi connectivity index (χ1n) is 10.6. The van der Waals surface area contributed by atoms with Crippen molar-refractivity contribution in [1.29, 1.82) is 0 Å². The van der Waals surface area contributed by atoms with Gasteiger partial charge in [0.25, 0.3) is 0 Å². The minimum Gasteiger partial charge on any atom is -0.388 e. The number of aromatic nitrogens is 4. The molecule has 17 heteroatoms. The molecule has 0 radical (unpaired) electrons. The van der Waals surface area contributed by atoms with E-state index in [9.17, 15) is 24.2 Å². The summed E-state index contributed by atoms with van der Waals surface area (Å²) in [5, 5.41) is 24.6. The third kappa shape index (κ3) is 6.25. The molecule has 0 bridgehead atoms. The van der Waals surface area contributed by atoms with Gasteiger partial charge in [-0.2, -0.15) is 9.97 Å². The lowest BCUT2D eigenvalue weighted by molar-refractivity contribution is -0.0354. The molecule has 5 atom stereocenters. The molecule has 6 N–H and O–H groups in total. The van der Waals surface area contributed by atoms with Crippen molar-refractivity contribution in [1.82, 2.24) is 19.5 Å². The Morgan fingerprint density at radius 1 is 1.08 bits per heavy atom. The van der Waals surface area contributed by atoms with Gasteiger partial charge in [0.2, 0.25) is 12.7 Å². The fourth-order valence-electron chi connectivity index (χ4n) is 3.91. The monoisotopic (exact) mass is 581 g/mol. The van der Waals surface area contributed by atoms with Crippen LogP contribution in [0.15, 0.2) is 30.6 Å². The minimum absolute atomic E-state index is 0.117. The van der Waals surface area contributed by atoms with Crippen LogP contribution < -0.4 is 5.32 Å². The van der Waals surface area contributed by atoms with E-state index >= 15 is 0 Å². The zero-order valence-electron chi connectivity index (χ0n) is 18.4. The summed E-state index contributed by atoms with van der Waals surface area (Å²) in [4.78, 5) is 40.5. The third-order valence-corrected chi connectivity index (χ3v) is 10.3. The number of benzene rings is 1. The number of imidazole rings is 1. The molecule has 1 saturated heterocycles. The van der Waals surface area contributed by atoms with Gasteiger partial charge in [-0.05, 0) is 29.7 Å². The zero-order valence-corrected chi connectivity index (χ0v) is 21.7. The van der Waals surface area contributed by atoms with Gasteiger partial charge in [-0.1, -0.05) is 29.8 Å². The number of rotatable bonds is 9. The van der Waals surface area contributed by atoms with E-state index in [1.807, 2.05) is 12.1 Å². The predicted molar refractivity (Wildman–Crippen MR) is 131 cm³/mol. The van der Waals surface area contributed by atoms with Crippen LogP contribution in [0.4, 0.5) is 5.82 Å². The maximum Gasteiger partial charge on any atom is 0.335 e. The number of hydrogen-bond donors (Lipinski definition) is 6. The van der Waals surface area contributed by atoms with Crippen molar-refractivity contribution < 1.29 is 38.8 Å². The van der Waals surface area contributed by atoms with Crippen LogP contribution >= 0.6 is 38.2 Å². The van der Waals surface area contributed by atoms with Crippen molar-refractivity contribution in [2.75, 3.05) is 17.4 Å². The van der Waals surface area contributed by atoms with E-state index in [4.69, 9.17) is 37.7 Å². The van der Waals surface area contributed by atoms with E-state index in [0.29, 0.717) is 22.9 Å². The first kappa shape index (κ1) is 27.4. The minimum atomic E-state index is -4.71. The first-order chi connectivity index (χ1) is 16.8. The smallest absolute Gasteiger partial charge is 0.335 e. The van der Waals surface area contributed by atoms with Crippen LogP contribution in [0.5, 0.6) is 0 Å². The van der Waals surface area contributed by atoms with E-state index in [2.05, 4.69) is 20.3 Å². The van der Waals surface area contributed by atoms with Crippen LogP contribution in [0, 0.1) is 0 Å². The number of halogens is 2. The molecule has 1 aliphatic heterocycles. The maximum absolute atomic E-state index is 12.1. The van der Waals surface area contributed by atoms with Crippen molar-refractivity contribution >= 4 is 55.1 Å². The molecule has 36 heavy (non-hydrogen) atoms. The SMILES string of the molecule is O=P(O)(O)CP(=O)(O)CC[C@H]1O[C@@H](n2cnc3c(NCc4ccccc4Cl)nc(Cl)nc32)C(O)[C@H]1O. The lowest BCUT2D eigenvalue weighted by Gasteiger charge is -2.18.